The first kappa shape index (κ1) is 44.1. The molecule has 6 heteroatoms. The van der Waals surface area contributed by atoms with Gasteiger partial charge >= 0.3 is 18.6 Å². The van der Waals surface area contributed by atoms with E-state index in [2.05, 4.69) is 140 Å². The number of benzene rings is 2. The number of aromatic nitrogens is 1. The number of rotatable bonds is 10. The smallest absolute Gasteiger partial charge is 1.00 e. The van der Waals surface area contributed by atoms with Crippen molar-refractivity contribution in [3.05, 3.63) is 86.7 Å². The minimum Gasteiger partial charge on any atom is -1.00 e. The fourth-order valence-electron chi connectivity index (χ4n) is 5.58. The van der Waals surface area contributed by atoms with Crippen molar-refractivity contribution in [3.8, 4) is 0 Å². The number of halogens is 2. The summed E-state index contributed by atoms with van der Waals surface area (Å²) in [5.74, 6) is 2.48. The van der Waals surface area contributed by atoms with Gasteiger partial charge in [0.15, 0.2) is 0 Å². The fourth-order valence-corrected chi connectivity index (χ4v) is 5.58. The standard InChI is InChI=1S/C40H57N3.2ClH.V/c1-22(2)31-18-33(24(5)6)39(34(19-31)25(7)8)41-29(14)37-16-28(13)17-38(43-37)30(15)42-40-35(26(9)10)20-32(23(3)4)21-36(40)27(11)12;;;/h16-27H,1-15H3;2*1H;/q;;;+2/p-2. The Balaban J connectivity index is 0.00000675. The predicted molar refractivity (Wildman–Crippen MR) is 190 cm³/mol. The molecule has 0 bridgehead atoms. The summed E-state index contributed by atoms with van der Waals surface area (Å²) in [6, 6.07) is 13.8. The Morgan fingerprint density at radius 3 is 0.957 bits per heavy atom. The second kappa shape index (κ2) is 18.6. The Kier molecular flexibility index (Phi) is 17.8. The summed E-state index contributed by atoms with van der Waals surface area (Å²) >= 11 is 0. The van der Waals surface area contributed by atoms with Gasteiger partial charge in [-0.15, -0.1) is 0 Å². The molecule has 0 atom stereocenters. The molecule has 1 heterocycles. The predicted octanol–water partition coefficient (Wildman–Crippen LogP) is 6.42. The molecule has 0 fully saturated rings. The second-order valence-electron chi connectivity index (χ2n) is 14.3. The molecule has 3 aromatic rings. The molecule has 0 amide bonds. The fraction of sp³-hybridized carbons (Fsp3) is 0.525. The van der Waals surface area contributed by atoms with Crippen molar-refractivity contribution in [2.24, 2.45) is 9.98 Å². The van der Waals surface area contributed by atoms with E-state index in [0.717, 1.165) is 39.7 Å². The first-order valence-electron chi connectivity index (χ1n) is 16.5. The molecule has 0 unspecified atom stereocenters. The van der Waals surface area contributed by atoms with Gasteiger partial charge in [0.1, 0.15) is 0 Å². The molecule has 46 heavy (non-hydrogen) atoms. The van der Waals surface area contributed by atoms with Crippen LogP contribution in [0.4, 0.5) is 11.4 Å². The first-order valence-corrected chi connectivity index (χ1v) is 16.5. The van der Waals surface area contributed by atoms with Crippen LogP contribution in [0.2, 0.25) is 0 Å². The van der Waals surface area contributed by atoms with Gasteiger partial charge in [0.2, 0.25) is 0 Å². The van der Waals surface area contributed by atoms with Gasteiger partial charge in [0, 0.05) is 0 Å². The van der Waals surface area contributed by atoms with Gasteiger partial charge in [-0.1, -0.05) is 107 Å². The monoisotopic (exact) mass is 700 g/mol. The van der Waals surface area contributed by atoms with Gasteiger partial charge < -0.3 is 24.8 Å². The van der Waals surface area contributed by atoms with Gasteiger partial charge in [0.05, 0.1) is 34.2 Å². The summed E-state index contributed by atoms with van der Waals surface area (Å²) in [4.78, 5) is 15.8. The summed E-state index contributed by atoms with van der Waals surface area (Å²) in [6.45, 7) is 33.6. The Morgan fingerprint density at radius 2 is 0.739 bits per heavy atom. The third kappa shape index (κ3) is 10.5. The maximum atomic E-state index is 5.31. The van der Waals surface area contributed by atoms with Crippen molar-refractivity contribution in [1.29, 1.82) is 0 Å². The quantitative estimate of drug-likeness (QED) is 0.225. The van der Waals surface area contributed by atoms with Gasteiger partial charge in [-0.3, -0.25) is 9.98 Å². The zero-order valence-corrected chi connectivity index (χ0v) is 33.9. The molecule has 0 saturated heterocycles. The average molecular weight is 702 g/mol. The number of hydrogen-bond acceptors (Lipinski definition) is 3. The van der Waals surface area contributed by atoms with Crippen LogP contribution >= 0.6 is 0 Å². The minimum atomic E-state index is 0. The van der Waals surface area contributed by atoms with Gasteiger partial charge in [-0.05, 0) is 107 Å². The first-order chi connectivity index (χ1) is 20.0. The molecular weight excluding hydrogens is 644 g/mol. The van der Waals surface area contributed by atoms with Crippen LogP contribution in [0.15, 0.2) is 46.4 Å². The van der Waals surface area contributed by atoms with Crippen molar-refractivity contribution >= 4 is 22.8 Å². The molecule has 2 aromatic carbocycles. The number of aliphatic imine (C=N–C) groups is 2. The zero-order valence-electron chi connectivity index (χ0n) is 31.0. The molecule has 1 radical (unpaired) electrons. The molecule has 0 aliphatic heterocycles. The maximum Gasteiger partial charge on any atom is 2.00 e. The summed E-state index contributed by atoms with van der Waals surface area (Å²) in [5, 5.41) is 0. The van der Waals surface area contributed by atoms with Crippen molar-refractivity contribution in [2.75, 3.05) is 0 Å². The number of pyridine rings is 1. The van der Waals surface area contributed by atoms with E-state index >= 15 is 0 Å². The van der Waals surface area contributed by atoms with Crippen LogP contribution < -0.4 is 24.8 Å². The molecule has 0 N–H and O–H groups in total. The summed E-state index contributed by atoms with van der Waals surface area (Å²) in [6.07, 6.45) is 0. The SMILES string of the molecule is CC(=Nc1c(C(C)C)cc(C(C)C)cc1C(C)C)c1cc(C)cc(C(C)=Nc2c(C(C)C)cc(C(C)C)cc2C(C)C)n1.[Cl-].[Cl-].[V+2]. The third-order valence-corrected chi connectivity index (χ3v) is 8.47. The minimum absolute atomic E-state index is 0. The molecule has 3 nitrogen and oxygen atoms in total. The van der Waals surface area contributed by atoms with Crippen molar-refractivity contribution in [2.45, 2.75) is 139 Å². The van der Waals surface area contributed by atoms with Gasteiger partial charge in [-0.2, -0.15) is 0 Å². The zero-order chi connectivity index (χ0) is 32.3. The van der Waals surface area contributed by atoms with Crippen molar-refractivity contribution in [3.63, 3.8) is 0 Å². The van der Waals surface area contributed by atoms with E-state index in [9.17, 15) is 0 Å². The van der Waals surface area contributed by atoms with Crippen molar-refractivity contribution in [1.82, 2.24) is 4.98 Å². The van der Waals surface area contributed by atoms with Crippen LogP contribution in [0.5, 0.6) is 0 Å². The number of nitrogens with zero attached hydrogens (tertiary/aromatic N) is 3. The molecule has 0 spiro atoms. The van der Waals surface area contributed by atoms with E-state index < -0.39 is 0 Å². The Bertz CT molecular complexity index is 1350. The molecule has 0 aliphatic rings. The normalized spacial score (nSPS) is 12.3. The number of aryl methyl sites for hydroxylation is 1. The van der Waals surface area contributed by atoms with Crippen LogP contribution in [0.25, 0.3) is 0 Å². The Morgan fingerprint density at radius 1 is 0.478 bits per heavy atom. The summed E-state index contributed by atoms with van der Waals surface area (Å²) in [5.41, 5.74) is 15.1. The summed E-state index contributed by atoms with van der Waals surface area (Å²) in [7, 11) is 0. The number of hydrogen-bond donors (Lipinski definition) is 0. The third-order valence-electron chi connectivity index (χ3n) is 8.47. The molecule has 0 saturated carbocycles. The second-order valence-corrected chi connectivity index (χ2v) is 14.3. The Hall–Kier alpha value is -1.91. The van der Waals surface area contributed by atoms with E-state index in [1.165, 1.54) is 33.4 Å². The van der Waals surface area contributed by atoms with E-state index in [0.29, 0.717) is 35.5 Å². The van der Waals surface area contributed by atoms with Crippen LogP contribution in [0.3, 0.4) is 0 Å². The van der Waals surface area contributed by atoms with E-state index in [-0.39, 0.29) is 43.4 Å². The van der Waals surface area contributed by atoms with E-state index in [4.69, 9.17) is 15.0 Å². The molecule has 0 aliphatic carbocycles. The molecule has 3 rings (SSSR count). The summed E-state index contributed by atoms with van der Waals surface area (Å²) < 4.78 is 0. The molecule has 1 aromatic heterocycles. The largest absolute Gasteiger partial charge is 2.00 e. The van der Waals surface area contributed by atoms with E-state index in [1.807, 2.05) is 0 Å². The topological polar surface area (TPSA) is 37.6 Å². The maximum absolute atomic E-state index is 5.31. The molecule has 251 valence electrons. The van der Waals surface area contributed by atoms with E-state index in [1.54, 1.807) is 0 Å². The Labute approximate surface area is 305 Å². The van der Waals surface area contributed by atoms with Crippen LogP contribution in [0.1, 0.15) is 183 Å². The van der Waals surface area contributed by atoms with Gasteiger partial charge in [-0.25, -0.2) is 4.98 Å². The van der Waals surface area contributed by atoms with Crippen LogP contribution in [-0.4, -0.2) is 16.4 Å². The molecular formula is C40H57Cl2N3V. The van der Waals surface area contributed by atoms with Crippen LogP contribution in [0, 0.1) is 6.92 Å². The van der Waals surface area contributed by atoms with Crippen molar-refractivity contribution < 1.29 is 43.4 Å². The average Bonchev–Trinajstić information content (AvgIpc) is 2.91. The van der Waals surface area contributed by atoms with Gasteiger partial charge in [0.25, 0.3) is 0 Å². The van der Waals surface area contributed by atoms with Crippen LogP contribution in [-0.2, 0) is 18.6 Å².